The van der Waals surface area contributed by atoms with Crippen LogP contribution in [0.3, 0.4) is 0 Å². The molecule has 0 saturated heterocycles. The summed E-state index contributed by atoms with van der Waals surface area (Å²) in [7, 11) is 1.71. The Labute approximate surface area is 154 Å². The highest BCUT2D eigenvalue weighted by Crippen LogP contribution is 2.26. The van der Waals surface area contributed by atoms with Crippen molar-refractivity contribution in [2.45, 2.75) is 13.5 Å². The zero-order valence-electron chi connectivity index (χ0n) is 14.8. The summed E-state index contributed by atoms with van der Waals surface area (Å²) in [5.74, 6) is 0.935. The average molecular weight is 367 g/mol. The predicted molar refractivity (Wildman–Crippen MR) is 97.4 cm³/mol. The molecule has 0 aliphatic rings. The van der Waals surface area contributed by atoms with E-state index in [1.807, 2.05) is 6.92 Å². The third kappa shape index (κ3) is 4.30. The number of carbonyl (C=O) groups is 1. The second-order valence-corrected chi connectivity index (χ2v) is 5.81. The number of hydrogen-bond acceptors (Lipinski definition) is 6. The monoisotopic (exact) mass is 367 g/mol. The molecule has 2 heterocycles. The van der Waals surface area contributed by atoms with Gasteiger partial charge in [0.1, 0.15) is 23.8 Å². The van der Waals surface area contributed by atoms with E-state index < -0.39 is 4.92 Å². The van der Waals surface area contributed by atoms with Gasteiger partial charge in [0.05, 0.1) is 10.6 Å². The number of rotatable bonds is 7. The van der Waals surface area contributed by atoms with E-state index in [9.17, 15) is 14.9 Å². The summed E-state index contributed by atoms with van der Waals surface area (Å²) < 4.78 is 12.6. The van der Waals surface area contributed by atoms with Crippen molar-refractivity contribution in [1.82, 2.24) is 9.78 Å². The number of nitro groups is 1. The Hall–Kier alpha value is -3.68. The first-order chi connectivity index (χ1) is 12.9. The Morgan fingerprint density at radius 2 is 2.11 bits per heavy atom. The second-order valence-electron chi connectivity index (χ2n) is 5.81. The van der Waals surface area contributed by atoms with Crippen LogP contribution in [0.1, 0.15) is 27.7 Å². The number of nitrogens with zero attached hydrogens (tertiary/aromatic N) is 3. The van der Waals surface area contributed by atoms with Crippen LogP contribution in [0.4, 0.5) is 5.69 Å². The zero-order chi connectivity index (χ0) is 19.4. The number of carbonyl (C=O) groups excluding carboxylic acids is 1. The van der Waals surface area contributed by atoms with Crippen molar-refractivity contribution in [3.05, 3.63) is 81.6 Å². The second kappa shape index (κ2) is 7.69. The van der Waals surface area contributed by atoms with E-state index in [2.05, 4.69) is 5.10 Å². The number of ketones is 1. The minimum Gasteiger partial charge on any atom is -0.479 e. The summed E-state index contributed by atoms with van der Waals surface area (Å²) in [4.78, 5) is 22.7. The molecule has 8 heteroatoms. The molecular weight excluding hydrogens is 350 g/mol. The van der Waals surface area contributed by atoms with Crippen LogP contribution < -0.4 is 4.74 Å². The van der Waals surface area contributed by atoms with E-state index in [0.717, 1.165) is 5.69 Å². The molecule has 0 N–H and O–H groups in total. The van der Waals surface area contributed by atoms with Crippen molar-refractivity contribution in [2.75, 3.05) is 0 Å². The van der Waals surface area contributed by atoms with Gasteiger partial charge in [-0.2, -0.15) is 5.10 Å². The van der Waals surface area contributed by atoms with Crippen LogP contribution in [-0.4, -0.2) is 20.5 Å². The van der Waals surface area contributed by atoms with Gasteiger partial charge in [0.15, 0.2) is 5.75 Å². The number of nitro benzene ring substituents is 1. The Balaban J connectivity index is 1.64. The summed E-state index contributed by atoms with van der Waals surface area (Å²) in [5.41, 5.74) is 1.14. The van der Waals surface area contributed by atoms with Crippen molar-refractivity contribution in [2.24, 2.45) is 7.05 Å². The summed E-state index contributed by atoms with van der Waals surface area (Å²) in [6.45, 7) is 1.85. The first-order valence-electron chi connectivity index (χ1n) is 8.12. The van der Waals surface area contributed by atoms with E-state index in [1.54, 1.807) is 43.5 Å². The summed E-state index contributed by atoms with van der Waals surface area (Å²) in [6.07, 6.45) is 2.96. The van der Waals surface area contributed by atoms with E-state index in [-0.39, 0.29) is 23.8 Å². The molecule has 0 amide bonds. The lowest BCUT2D eigenvalue weighted by molar-refractivity contribution is -0.386. The van der Waals surface area contributed by atoms with Gasteiger partial charge >= 0.3 is 5.69 Å². The molecule has 3 rings (SSSR count). The molecule has 8 nitrogen and oxygen atoms in total. The standard InChI is InChI=1S/C19H17N3O5/c1-13-11-17(21(2)20-13)18(23)10-9-14-7-8-15(27-14)12-26-19-6-4-3-5-16(19)22(24)25/h3-11H,12H2,1-2H3/b10-9+. The number of benzene rings is 1. The number of ether oxygens (including phenoxy) is 1. The maximum absolute atomic E-state index is 12.2. The molecule has 0 bridgehead atoms. The van der Waals surface area contributed by atoms with Crippen molar-refractivity contribution in [3.63, 3.8) is 0 Å². The van der Waals surface area contributed by atoms with Crippen LogP contribution in [0.15, 0.2) is 53.0 Å². The largest absolute Gasteiger partial charge is 0.479 e. The molecule has 2 aromatic heterocycles. The lowest BCUT2D eigenvalue weighted by Crippen LogP contribution is -2.03. The number of furan rings is 1. The van der Waals surface area contributed by atoms with E-state index in [0.29, 0.717) is 17.2 Å². The Bertz CT molecular complexity index is 1020. The lowest BCUT2D eigenvalue weighted by atomic mass is 10.2. The minimum absolute atomic E-state index is 0.0353. The fourth-order valence-electron chi connectivity index (χ4n) is 2.52. The SMILES string of the molecule is Cc1cc(C(=O)/C=C/c2ccc(COc3ccccc3[N+](=O)[O-])o2)n(C)n1. The smallest absolute Gasteiger partial charge is 0.310 e. The molecule has 1 aromatic carbocycles. The van der Waals surface area contributed by atoms with Crippen LogP contribution >= 0.6 is 0 Å². The minimum atomic E-state index is -0.503. The van der Waals surface area contributed by atoms with Gasteiger partial charge in [-0.15, -0.1) is 0 Å². The van der Waals surface area contributed by atoms with Gasteiger partial charge in [0.2, 0.25) is 5.78 Å². The molecular formula is C19H17N3O5. The molecule has 3 aromatic rings. The molecule has 0 fully saturated rings. The summed E-state index contributed by atoms with van der Waals surface area (Å²) in [5, 5.41) is 15.1. The number of hydrogen-bond donors (Lipinski definition) is 0. The lowest BCUT2D eigenvalue weighted by Gasteiger charge is -2.04. The zero-order valence-corrected chi connectivity index (χ0v) is 14.8. The molecule has 0 spiro atoms. The highest BCUT2D eigenvalue weighted by Gasteiger charge is 2.14. The molecule has 27 heavy (non-hydrogen) atoms. The molecule has 0 atom stereocenters. The van der Waals surface area contributed by atoms with E-state index >= 15 is 0 Å². The highest BCUT2D eigenvalue weighted by atomic mass is 16.6. The van der Waals surface area contributed by atoms with Gasteiger partial charge in [-0.1, -0.05) is 12.1 Å². The topological polar surface area (TPSA) is 100 Å². The first kappa shape index (κ1) is 18.1. The summed E-state index contributed by atoms with van der Waals surface area (Å²) in [6, 6.07) is 11.2. The van der Waals surface area contributed by atoms with Crippen LogP contribution in [0.5, 0.6) is 5.75 Å². The number of para-hydroxylation sites is 2. The number of aryl methyl sites for hydroxylation is 2. The maximum atomic E-state index is 12.2. The van der Waals surface area contributed by atoms with Crippen LogP contribution in [0.25, 0.3) is 6.08 Å². The number of aromatic nitrogens is 2. The Morgan fingerprint density at radius 3 is 2.81 bits per heavy atom. The fourth-order valence-corrected chi connectivity index (χ4v) is 2.52. The van der Waals surface area contributed by atoms with Crippen LogP contribution in [-0.2, 0) is 13.7 Å². The van der Waals surface area contributed by atoms with Gasteiger partial charge in [-0.05, 0) is 43.3 Å². The Kier molecular flexibility index (Phi) is 5.16. The van der Waals surface area contributed by atoms with Crippen LogP contribution in [0, 0.1) is 17.0 Å². The molecule has 0 radical (unpaired) electrons. The van der Waals surface area contributed by atoms with E-state index in [1.165, 1.54) is 22.9 Å². The molecule has 0 aliphatic carbocycles. The van der Waals surface area contributed by atoms with Gasteiger partial charge in [0, 0.05) is 13.1 Å². The highest BCUT2D eigenvalue weighted by molar-refractivity contribution is 6.05. The molecule has 138 valence electrons. The Morgan fingerprint density at radius 1 is 1.33 bits per heavy atom. The number of allylic oxidation sites excluding steroid dienone is 1. The average Bonchev–Trinajstić information content (AvgIpc) is 3.23. The van der Waals surface area contributed by atoms with Gasteiger partial charge < -0.3 is 9.15 Å². The van der Waals surface area contributed by atoms with Gasteiger partial charge in [-0.3, -0.25) is 19.6 Å². The maximum Gasteiger partial charge on any atom is 0.310 e. The fraction of sp³-hybridized carbons (Fsp3) is 0.158. The predicted octanol–water partition coefficient (Wildman–Crippen LogP) is 3.70. The van der Waals surface area contributed by atoms with Crippen LogP contribution in [0.2, 0.25) is 0 Å². The first-order valence-corrected chi connectivity index (χ1v) is 8.12. The summed E-state index contributed by atoms with van der Waals surface area (Å²) >= 11 is 0. The van der Waals surface area contributed by atoms with E-state index in [4.69, 9.17) is 9.15 Å². The molecule has 0 unspecified atom stereocenters. The molecule has 0 saturated carbocycles. The third-order valence-electron chi connectivity index (χ3n) is 3.77. The van der Waals surface area contributed by atoms with Crippen molar-refractivity contribution in [1.29, 1.82) is 0 Å². The van der Waals surface area contributed by atoms with Crippen molar-refractivity contribution < 1.29 is 18.9 Å². The van der Waals surface area contributed by atoms with Gasteiger partial charge in [0.25, 0.3) is 0 Å². The van der Waals surface area contributed by atoms with Crippen molar-refractivity contribution >= 4 is 17.5 Å². The normalized spacial score (nSPS) is 11.0. The molecule has 0 aliphatic heterocycles. The van der Waals surface area contributed by atoms with Crippen molar-refractivity contribution in [3.8, 4) is 5.75 Å². The third-order valence-corrected chi connectivity index (χ3v) is 3.77. The van der Waals surface area contributed by atoms with Gasteiger partial charge in [-0.25, -0.2) is 0 Å². The quantitative estimate of drug-likeness (QED) is 0.273.